The predicted molar refractivity (Wildman–Crippen MR) is 249 cm³/mol. The molecule has 0 aliphatic rings. The van der Waals surface area contributed by atoms with Gasteiger partial charge in [-0.15, -0.1) is 0 Å². The molecule has 0 spiro atoms. The molecule has 12 rings (SSSR count). The van der Waals surface area contributed by atoms with Crippen molar-refractivity contribution in [3.05, 3.63) is 206 Å². The van der Waals surface area contributed by atoms with Gasteiger partial charge in [0.05, 0.1) is 28.1 Å². The Labute approximate surface area is 346 Å². The Balaban J connectivity index is 0.862. The first-order valence-corrected chi connectivity index (χ1v) is 20.3. The van der Waals surface area contributed by atoms with E-state index < -0.39 is 0 Å². The van der Waals surface area contributed by atoms with Crippen LogP contribution >= 0.6 is 0 Å². The third-order valence-corrected chi connectivity index (χ3v) is 11.9. The van der Waals surface area contributed by atoms with Crippen LogP contribution in [0.15, 0.2) is 206 Å². The summed E-state index contributed by atoms with van der Waals surface area (Å²) in [6.45, 7) is 0. The lowest BCUT2D eigenvalue weighted by atomic mass is 9.89. The maximum Gasteiger partial charge on any atom is 0.160 e. The summed E-state index contributed by atoms with van der Waals surface area (Å²) in [4.78, 5) is 19.9. The second kappa shape index (κ2) is 13.8. The van der Waals surface area contributed by atoms with Crippen LogP contribution < -0.4 is 0 Å². The lowest BCUT2D eigenvalue weighted by Gasteiger charge is -2.14. The van der Waals surface area contributed by atoms with Crippen LogP contribution in [-0.2, 0) is 0 Å². The van der Waals surface area contributed by atoms with Crippen LogP contribution in [0.3, 0.4) is 0 Å². The van der Waals surface area contributed by atoms with E-state index in [1.165, 1.54) is 49.0 Å². The average Bonchev–Trinajstić information content (AvgIpc) is 3.33. The summed E-state index contributed by atoms with van der Waals surface area (Å²) in [7, 11) is 0. The fraction of sp³-hybridized carbons (Fsp3) is 0. The number of hydrogen-bond acceptors (Lipinski definition) is 4. The molecule has 0 atom stereocenters. The van der Waals surface area contributed by atoms with Crippen molar-refractivity contribution in [1.29, 1.82) is 0 Å². The molecule has 0 unspecified atom stereocenters. The molecule has 0 bridgehead atoms. The molecule has 0 aliphatic heterocycles. The third kappa shape index (κ3) is 5.77. The van der Waals surface area contributed by atoms with Crippen LogP contribution in [0.25, 0.3) is 122 Å². The van der Waals surface area contributed by atoms with Gasteiger partial charge in [-0.3, -0.25) is 4.98 Å². The Morgan fingerprint density at radius 1 is 0.283 bits per heavy atom. The van der Waals surface area contributed by atoms with Crippen molar-refractivity contribution in [2.75, 3.05) is 0 Å². The fourth-order valence-electron chi connectivity index (χ4n) is 8.82. The smallest absolute Gasteiger partial charge is 0.160 e. The molecular formula is C56H34N4. The minimum Gasteiger partial charge on any atom is -0.254 e. The van der Waals surface area contributed by atoms with Gasteiger partial charge in [0.15, 0.2) is 5.82 Å². The van der Waals surface area contributed by atoms with Crippen LogP contribution in [0.2, 0.25) is 0 Å². The number of benzene rings is 9. The second-order valence-corrected chi connectivity index (χ2v) is 15.4. The van der Waals surface area contributed by atoms with E-state index in [1.807, 2.05) is 30.5 Å². The zero-order chi connectivity index (χ0) is 39.6. The molecule has 4 nitrogen and oxygen atoms in total. The van der Waals surface area contributed by atoms with Gasteiger partial charge < -0.3 is 0 Å². The molecule has 0 saturated heterocycles. The lowest BCUT2D eigenvalue weighted by Crippen LogP contribution is -1.96. The van der Waals surface area contributed by atoms with Gasteiger partial charge in [0.2, 0.25) is 0 Å². The van der Waals surface area contributed by atoms with Crippen LogP contribution in [0.1, 0.15) is 0 Å². The monoisotopic (exact) mass is 762 g/mol. The number of nitrogens with zero attached hydrogens (tertiary/aromatic N) is 4. The molecular weight excluding hydrogens is 729 g/mol. The first-order valence-electron chi connectivity index (χ1n) is 20.3. The van der Waals surface area contributed by atoms with Crippen molar-refractivity contribution >= 4 is 54.1 Å². The van der Waals surface area contributed by atoms with Gasteiger partial charge in [-0.05, 0) is 72.8 Å². The first kappa shape index (κ1) is 34.0. The highest BCUT2D eigenvalue weighted by atomic mass is 14.9. The van der Waals surface area contributed by atoms with Crippen molar-refractivity contribution in [3.63, 3.8) is 0 Å². The van der Waals surface area contributed by atoms with Gasteiger partial charge in [0, 0.05) is 39.2 Å². The molecule has 0 radical (unpaired) electrons. The SMILES string of the molecule is c1ccc(-c2nc(-c3ccc(-c4ccc(-c5ccc6ccc7cccc8ccc5c6c78)cc4)cc3)cc(-c3ccc(-c4ccc5ccc6cccnc6c5n4)cc3)n2)cc1. The molecule has 0 N–H and O–H groups in total. The Morgan fingerprint density at radius 3 is 1.48 bits per heavy atom. The number of fused-ring (bicyclic) bond motifs is 3. The maximum atomic E-state index is 5.09. The van der Waals surface area contributed by atoms with E-state index in [2.05, 4.69) is 181 Å². The van der Waals surface area contributed by atoms with Gasteiger partial charge in [-0.2, -0.15) is 0 Å². The highest BCUT2D eigenvalue weighted by Crippen LogP contribution is 2.40. The highest BCUT2D eigenvalue weighted by molar-refractivity contribution is 6.25. The summed E-state index contributed by atoms with van der Waals surface area (Å²) in [5.41, 5.74) is 13.3. The number of hydrogen-bond donors (Lipinski definition) is 0. The summed E-state index contributed by atoms with van der Waals surface area (Å²) in [6.07, 6.45) is 1.83. The minimum atomic E-state index is 0.689. The van der Waals surface area contributed by atoms with Crippen molar-refractivity contribution < 1.29 is 0 Å². The fourth-order valence-corrected chi connectivity index (χ4v) is 8.82. The van der Waals surface area contributed by atoms with Crippen LogP contribution in [-0.4, -0.2) is 19.9 Å². The van der Waals surface area contributed by atoms with E-state index in [0.717, 1.165) is 66.7 Å². The Morgan fingerprint density at radius 2 is 0.800 bits per heavy atom. The van der Waals surface area contributed by atoms with Crippen LogP contribution in [0, 0.1) is 0 Å². The summed E-state index contributed by atoms with van der Waals surface area (Å²) in [5, 5.41) is 9.98. The Hall–Kier alpha value is -8.08. The summed E-state index contributed by atoms with van der Waals surface area (Å²) in [6, 6.07) is 71.0. The molecule has 3 aromatic heterocycles. The lowest BCUT2D eigenvalue weighted by molar-refractivity contribution is 1.18. The molecule has 0 fully saturated rings. The topological polar surface area (TPSA) is 51.6 Å². The Kier molecular flexibility index (Phi) is 7.82. The van der Waals surface area contributed by atoms with Crippen molar-refractivity contribution in [2.24, 2.45) is 0 Å². The molecule has 4 heteroatoms. The Bertz CT molecular complexity index is 3540. The van der Waals surface area contributed by atoms with Gasteiger partial charge in [0.1, 0.15) is 0 Å². The van der Waals surface area contributed by atoms with E-state index in [1.54, 1.807) is 0 Å². The van der Waals surface area contributed by atoms with E-state index in [9.17, 15) is 0 Å². The number of rotatable bonds is 6. The molecule has 60 heavy (non-hydrogen) atoms. The van der Waals surface area contributed by atoms with E-state index in [-0.39, 0.29) is 0 Å². The largest absolute Gasteiger partial charge is 0.254 e. The van der Waals surface area contributed by atoms with Gasteiger partial charge in [-0.25, -0.2) is 15.0 Å². The number of aromatic nitrogens is 4. The molecule has 12 aromatic rings. The second-order valence-electron chi connectivity index (χ2n) is 15.4. The minimum absolute atomic E-state index is 0.689. The van der Waals surface area contributed by atoms with E-state index in [0.29, 0.717) is 5.82 Å². The first-order chi connectivity index (χ1) is 29.7. The zero-order valence-electron chi connectivity index (χ0n) is 32.4. The van der Waals surface area contributed by atoms with Crippen LogP contribution in [0.4, 0.5) is 0 Å². The molecule has 3 heterocycles. The number of pyridine rings is 2. The van der Waals surface area contributed by atoms with Gasteiger partial charge >= 0.3 is 0 Å². The van der Waals surface area contributed by atoms with Gasteiger partial charge in [-0.1, -0.05) is 182 Å². The summed E-state index contributed by atoms with van der Waals surface area (Å²) >= 11 is 0. The van der Waals surface area contributed by atoms with Crippen molar-refractivity contribution in [3.8, 4) is 67.4 Å². The zero-order valence-corrected chi connectivity index (χ0v) is 32.4. The van der Waals surface area contributed by atoms with Crippen LogP contribution in [0.5, 0.6) is 0 Å². The van der Waals surface area contributed by atoms with E-state index in [4.69, 9.17) is 15.0 Å². The molecule has 9 aromatic carbocycles. The summed E-state index contributed by atoms with van der Waals surface area (Å²) < 4.78 is 0. The van der Waals surface area contributed by atoms with Gasteiger partial charge in [0.25, 0.3) is 0 Å². The molecule has 0 aliphatic carbocycles. The quantitative estimate of drug-likeness (QED) is 0.158. The maximum absolute atomic E-state index is 5.09. The van der Waals surface area contributed by atoms with Crippen molar-refractivity contribution in [1.82, 2.24) is 19.9 Å². The summed E-state index contributed by atoms with van der Waals surface area (Å²) in [5.74, 6) is 0.689. The van der Waals surface area contributed by atoms with E-state index >= 15 is 0 Å². The predicted octanol–water partition coefficient (Wildman–Crippen LogP) is 14.5. The highest BCUT2D eigenvalue weighted by Gasteiger charge is 2.15. The molecule has 278 valence electrons. The molecule has 0 saturated carbocycles. The third-order valence-electron chi connectivity index (χ3n) is 11.9. The molecule has 0 amide bonds. The van der Waals surface area contributed by atoms with Crippen molar-refractivity contribution in [2.45, 2.75) is 0 Å². The average molecular weight is 763 g/mol. The normalized spacial score (nSPS) is 11.7. The standard InChI is InChI=1S/C56H34N4/c1-2-6-46(7-3-1)56-59-50(34-51(60-56)40-21-19-38(20-22-40)49-32-29-45-26-25-44-10-5-33-57-54(44)55(45)58-49)39-17-13-36(14-18-39)35-11-15-37(16-12-35)47-30-27-43-24-23-41-8-4-9-42-28-31-48(47)53(43)52(41)42/h1-34H.